The highest BCUT2D eigenvalue weighted by atomic mass is 32.1. The molecule has 0 bridgehead atoms. The van der Waals surface area contributed by atoms with E-state index in [9.17, 15) is 9.18 Å². The molecule has 0 fully saturated rings. The molecule has 4 rings (SSSR count). The van der Waals surface area contributed by atoms with Gasteiger partial charge in [-0.3, -0.25) is 14.7 Å². The summed E-state index contributed by atoms with van der Waals surface area (Å²) < 4.78 is 14.8. The molecule has 0 saturated heterocycles. The summed E-state index contributed by atoms with van der Waals surface area (Å²) in [7, 11) is 0. The van der Waals surface area contributed by atoms with Crippen molar-refractivity contribution in [2.45, 2.75) is 26.3 Å². The molecule has 0 radical (unpaired) electrons. The number of para-hydroxylation sites is 1. The Hall–Kier alpha value is -3.12. The molecule has 0 N–H and O–H groups in total. The van der Waals surface area contributed by atoms with Crippen LogP contribution in [0.3, 0.4) is 0 Å². The molecule has 0 aliphatic carbocycles. The molecule has 1 amide bonds. The zero-order valence-electron chi connectivity index (χ0n) is 16.2. The summed E-state index contributed by atoms with van der Waals surface area (Å²) in [6, 6.07) is 15.6. The number of fused-ring (bicyclic) bond motifs is 1. The van der Waals surface area contributed by atoms with Crippen LogP contribution in [0.5, 0.6) is 0 Å². The summed E-state index contributed by atoms with van der Waals surface area (Å²) in [5.41, 5.74) is 3.22. The van der Waals surface area contributed by atoms with Crippen LogP contribution in [0, 0.1) is 5.82 Å². The van der Waals surface area contributed by atoms with Gasteiger partial charge in [-0.1, -0.05) is 49.4 Å². The van der Waals surface area contributed by atoms with Gasteiger partial charge < -0.3 is 0 Å². The Labute approximate surface area is 172 Å². The fourth-order valence-corrected chi connectivity index (χ4v) is 4.22. The van der Waals surface area contributed by atoms with Gasteiger partial charge in [0.15, 0.2) is 5.13 Å². The van der Waals surface area contributed by atoms with E-state index in [0.29, 0.717) is 17.6 Å². The smallest absolute Gasteiger partial charge is 0.260 e. The lowest BCUT2D eigenvalue weighted by Gasteiger charge is -2.20. The summed E-state index contributed by atoms with van der Waals surface area (Å²) in [5.74, 6) is -0.415. The molecule has 2 aromatic carbocycles. The number of rotatable bonds is 5. The van der Waals surface area contributed by atoms with E-state index in [-0.39, 0.29) is 11.5 Å². The first-order valence-corrected chi connectivity index (χ1v) is 10.2. The Morgan fingerprint density at radius 2 is 1.97 bits per heavy atom. The predicted octanol–water partition coefficient (Wildman–Crippen LogP) is 5.80. The van der Waals surface area contributed by atoms with Gasteiger partial charge in [0.1, 0.15) is 5.82 Å². The largest absolute Gasteiger partial charge is 0.279 e. The van der Waals surface area contributed by atoms with Crippen LogP contribution in [-0.4, -0.2) is 15.9 Å². The summed E-state index contributed by atoms with van der Waals surface area (Å²) in [6.45, 7) is 4.55. The van der Waals surface area contributed by atoms with Crippen LogP contribution < -0.4 is 4.90 Å². The number of halogens is 1. The summed E-state index contributed by atoms with van der Waals surface area (Å²) in [6.07, 6.45) is 3.41. The number of aromatic nitrogens is 2. The van der Waals surface area contributed by atoms with Crippen molar-refractivity contribution in [1.82, 2.24) is 9.97 Å². The van der Waals surface area contributed by atoms with Gasteiger partial charge in [0.25, 0.3) is 5.91 Å². The van der Waals surface area contributed by atoms with Crippen LogP contribution in [0.4, 0.5) is 9.52 Å². The molecule has 0 saturated carbocycles. The zero-order valence-corrected chi connectivity index (χ0v) is 17.0. The molecule has 146 valence electrons. The van der Waals surface area contributed by atoms with Crippen molar-refractivity contribution in [3.63, 3.8) is 0 Å². The van der Waals surface area contributed by atoms with Crippen LogP contribution in [-0.2, 0) is 6.54 Å². The van der Waals surface area contributed by atoms with E-state index in [4.69, 9.17) is 4.98 Å². The number of carbonyl (C=O) groups excluding carboxylic acids is 1. The van der Waals surface area contributed by atoms with Crippen molar-refractivity contribution in [1.29, 1.82) is 0 Å². The highest BCUT2D eigenvalue weighted by Crippen LogP contribution is 2.34. The number of carbonyl (C=O) groups is 1. The first-order chi connectivity index (χ1) is 14.0. The Balaban J connectivity index is 1.81. The van der Waals surface area contributed by atoms with Gasteiger partial charge in [0.2, 0.25) is 0 Å². The normalized spacial score (nSPS) is 11.2. The minimum atomic E-state index is -0.441. The maximum Gasteiger partial charge on any atom is 0.260 e. The molecule has 2 heterocycles. The number of thiazole rings is 1. The highest BCUT2D eigenvalue weighted by molar-refractivity contribution is 7.22. The number of amides is 1. The van der Waals surface area contributed by atoms with Gasteiger partial charge in [-0.25, -0.2) is 9.37 Å². The van der Waals surface area contributed by atoms with Crippen LogP contribution in [0.1, 0.15) is 41.3 Å². The Kier molecular flexibility index (Phi) is 5.36. The molecule has 6 heteroatoms. The first kappa shape index (κ1) is 19.2. The second-order valence-corrected chi connectivity index (χ2v) is 8.12. The van der Waals surface area contributed by atoms with E-state index >= 15 is 0 Å². The van der Waals surface area contributed by atoms with Crippen LogP contribution in [0.15, 0.2) is 67.0 Å². The third-order valence-electron chi connectivity index (χ3n) is 4.67. The van der Waals surface area contributed by atoms with Crippen LogP contribution in [0.2, 0.25) is 0 Å². The number of benzene rings is 2. The molecule has 0 aliphatic rings. The van der Waals surface area contributed by atoms with Gasteiger partial charge in [-0.15, -0.1) is 0 Å². The van der Waals surface area contributed by atoms with E-state index in [1.165, 1.54) is 23.5 Å². The number of hydrogen-bond acceptors (Lipinski definition) is 4. The lowest BCUT2D eigenvalue weighted by atomic mass is 10.0. The maximum atomic E-state index is 13.7. The van der Waals surface area contributed by atoms with E-state index in [0.717, 1.165) is 21.3 Å². The molecular formula is C23H20FN3OS. The van der Waals surface area contributed by atoms with Crippen LogP contribution in [0.25, 0.3) is 10.2 Å². The fourth-order valence-electron chi connectivity index (χ4n) is 3.22. The van der Waals surface area contributed by atoms with E-state index in [1.54, 1.807) is 29.4 Å². The average Bonchev–Trinajstić information content (AvgIpc) is 3.16. The first-order valence-electron chi connectivity index (χ1n) is 9.38. The molecule has 0 unspecified atom stereocenters. The molecule has 2 aromatic heterocycles. The van der Waals surface area contributed by atoms with E-state index < -0.39 is 5.82 Å². The third-order valence-corrected chi connectivity index (χ3v) is 5.72. The lowest BCUT2D eigenvalue weighted by Crippen LogP contribution is -2.30. The number of hydrogen-bond donors (Lipinski definition) is 0. The summed E-state index contributed by atoms with van der Waals surface area (Å²) >= 11 is 1.46. The van der Waals surface area contributed by atoms with Crippen molar-refractivity contribution < 1.29 is 9.18 Å². The van der Waals surface area contributed by atoms with Crippen molar-refractivity contribution in [3.8, 4) is 0 Å². The van der Waals surface area contributed by atoms with Gasteiger partial charge >= 0.3 is 0 Å². The second-order valence-electron chi connectivity index (χ2n) is 7.11. The highest BCUT2D eigenvalue weighted by Gasteiger charge is 2.23. The molecule has 4 aromatic rings. The lowest BCUT2D eigenvalue weighted by molar-refractivity contribution is 0.0984. The Bertz CT molecular complexity index is 1160. The summed E-state index contributed by atoms with van der Waals surface area (Å²) in [4.78, 5) is 23.9. The Morgan fingerprint density at radius 1 is 1.14 bits per heavy atom. The SMILES string of the molecule is CC(C)c1cccc2sc(N(Cc3cccnc3)C(=O)c3cccc(F)c3)nc12. The third kappa shape index (κ3) is 4.03. The number of nitrogens with zero attached hydrogens (tertiary/aromatic N) is 3. The average molecular weight is 405 g/mol. The van der Waals surface area contributed by atoms with E-state index in [2.05, 4.69) is 24.9 Å². The van der Waals surface area contributed by atoms with Gasteiger partial charge in [-0.2, -0.15) is 0 Å². The minimum absolute atomic E-state index is 0.289. The summed E-state index contributed by atoms with van der Waals surface area (Å²) in [5, 5.41) is 0.589. The van der Waals surface area contributed by atoms with Crippen molar-refractivity contribution in [3.05, 3.63) is 89.5 Å². The quantitative estimate of drug-likeness (QED) is 0.421. The molecule has 4 nitrogen and oxygen atoms in total. The van der Waals surface area contributed by atoms with Gasteiger partial charge in [-0.05, 0) is 47.4 Å². The molecule has 0 aliphatic heterocycles. The van der Waals surface area contributed by atoms with Crippen molar-refractivity contribution >= 4 is 32.6 Å². The fraction of sp³-hybridized carbons (Fsp3) is 0.174. The van der Waals surface area contributed by atoms with Crippen molar-refractivity contribution in [2.24, 2.45) is 0 Å². The van der Waals surface area contributed by atoms with Gasteiger partial charge in [0, 0.05) is 18.0 Å². The predicted molar refractivity (Wildman–Crippen MR) is 115 cm³/mol. The minimum Gasteiger partial charge on any atom is -0.279 e. The molecular weight excluding hydrogens is 385 g/mol. The van der Waals surface area contributed by atoms with Crippen LogP contribution >= 0.6 is 11.3 Å². The van der Waals surface area contributed by atoms with Crippen molar-refractivity contribution in [2.75, 3.05) is 4.90 Å². The molecule has 0 spiro atoms. The van der Waals surface area contributed by atoms with E-state index in [1.807, 2.05) is 24.3 Å². The monoisotopic (exact) mass is 405 g/mol. The maximum absolute atomic E-state index is 13.7. The Morgan fingerprint density at radius 3 is 2.69 bits per heavy atom. The van der Waals surface area contributed by atoms with Gasteiger partial charge in [0.05, 0.1) is 16.8 Å². The molecule has 29 heavy (non-hydrogen) atoms. The standard InChI is InChI=1S/C23H20FN3OS/c1-15(2)19-9-4-10-20-21(19)26-23(29-20)27(14-16-6-5-11-25-13-16)22(28)17-7-3-8-18(24)12-17/h3-13,15H,14H2,1-2H3. The molecule has 0 atom stereocenters. The second kappa shape index (κ2) is 8.09. The topological polar surface area (TPSA) is 46.1 Å². The number of pyridine rings is 1. The zero-order chi connectivity index (χ0) is 20.4. The number of anilines is 1.